The lowest BCUT2D eigenvalue weighted by Crippen LogP contribution is -2.24. The predicted molar refractivity (Wildman–Crippen MR) is 103 cm³/mol. The topological polar surface area (TPSA) is 92.3 Å². The van der Waals surface area contributed by atoms with Crippen LogP contribution in [0, 0.1) is 5.82 Å². The molecule has 28 heavy (non-hydrogen) atoms. The fourth-order valence-electron chi connectivity index (χ4n) is 3.07. The Hall–Kier alpha value is -3.06. The smallest absolute Gasteiger partial charge is 0.272 e. The van der Waals surface area contributed by atoms with Crippen LogP contribution in [0.25, 0.3) is 10.8 Å². The average Bonchev–Trinajstić information content (AvgIpc) is 2.70. The molecule has 0 spiro atoms. The summed E-state index contributed by atoms with van der Waals surface area (Å²) >= 11 is 0. The number of fused-ring (bicyclic) bond motifs is 1. The Morgan fingerprint density at radius 2 is 2.00 bits per heavy atom. The maximum atomic E-state index is 13.5. The molecule has 0 bridgehead atoms. The Morgan fingerprint density at radius 3 is 2.68 bits per heavy atom. The molecule has 146 valence electrons. The Balaban J connectivity index is 0.00000109. The molecule has 1 aliphatic rings. The van der Waals surface area contributed by atoms with Crippen molar-refractivity contribution in [2.75, 3.05) is 7.11 Å². The summed E-state index contributed by atoms with van der Waals surface area (Å²) in [6.45, 7) is 0. The first-order chi connectivity index (χ1) is 13.6. The highest BCUT2D eigenvalue weighted by molar-refractivity contribution is 5.85. The number of hydrogen-bond acceptors (Lipinski definition) is 5. The highest BCUT2D eigenvalue weighted by Crippen LogP contribution is 2.28. The molecule has 0 amide bonds. The average molecular weight is 384 g/mol. The first kappa shape index (κ1) is 19.7. The Bertz CT molecular complexity index is 1040. The van der Waals surface area contributed by atoms with Crippen LogP contribution in [-0.2, 0) is 6.42 Å². The van der Waals surface area contributed by atoms with Crippen LogP contribution in [0.15, 0.2) is 41.2 Å². The standard InChI is InChI=1S/C20H17FN2O3.CH4O/c21-18-7-4-12(8-13(18)11-24)9-19-17-10-15(26-14-2-1-3-14)5-6-16(17)20(25)23-22-19;1-2/h4-8,10-11,14H,1-3,9H2,(H,23,25);2H,1H3. The van der Waals surface area contributed by atoms with Crippen molar-refractivity contribution in [3.63, 3.8) is 0 Å². The number of aldehydes is 1. The molecule has 3 aromatic rings. The van der Waals surface area contributed by atoms with Gasteiger partial charge in [0.1, 0.15) is 11.6 Å². The third-order valence-corrected chi connectivity index (χ3v) is 4.75. The summed E-state index contributed by atoms with van der Waals surface area (Å²) in [6, 6.07) is 9.72. The van der Waals surface area contributed by atoms with Gasteiger partial charge in [0.2, 0.25) is 0 Å². The SMILES string of the molecule is CO.O=Cc1cc(Cc2n[nH]c(=O)c3ccc(OC4CCC4)cc23)ccc1F. The van der Waals surface area contributed by atoms with E-state index in [2.05, 4.69) is 10.2 Å². The van der Waals surface area contributed by atoms with Crippen LogP contribution in [0.5, 0.6) is 5.75 Å². The number of ether oxygens (including phenoxy) is 1. The molecule has 0 aliphatic heterocycles. The zero-order valence-corrected chi connectivity index (χ0v) is 15.4. The second kappa shape index (κ2) is 8.75. The van der Waals surface area contributed by atoms with Gasteiger partial charge >= 0.3 is 0 Å². The second-order valence-electron chi connectivity index (χ2n) is 6.53. The third-order valence-electron chi connectivity index (χ3n) is 4.75. The number of aromatic nitrogens is 2. The number of carbonyl (C=O) groups excluding carboxylic acids is 1. The Labute approximate surface area is 161 Å². The number of nitrogens with one attached hydrogen (secondary N) is 1. The minimum atomic E-state index is -0.556. The molecular formula is C21H21FN2O4. The maximum absolute atomic E-state index is 13.5. The number of aliphatic hydroxyl groups excluding tert-OH is 1. The van der Waals surface area contributed by atoms with Crippen LogP contribution >= 0.6 is 0 Å². The number of H-pyrrole nitrogens is 1. The zero-order chi connectivity index (χ0) is 20.1. The molecule has 2 aromatic carbocycles. The van der Waals surface area contributed by atoms with Crippen molar-refractivity contribution in [3.8, 4) is 5.75 Å². The number of rotatable bonds is 5. The zero-order valence-electron chi connectivity index (χ0n) is 15.4. The molecular weight excluding hydrogens is 363 g/mol. The van der Waals surface area contributed by atoms with Crippen LogP contribution in [0.1, 0.15) is 40.9 Å². The lowest BCUT2D eigenvalue weighted by Gasteiger charge is -2.26. The summed E-state index contributed by atoms with van der Waals surface area (Å²) in [4.78, 5) is 23.0. The largest absolute Gasteiger partial charge is 0.490 e. The van der Waals surface area contributed by atoms with Gasteiger partial charge in [0.15, 0.2) is 6.29 Å². The van der Waals surface area contributed by atoms with Gasteiger partial charge in [-0.05, 0) is 55.2 Å². The van der Waals surface area contributed by atoms with Gasteiger partial charge in [0.05, 0.1) is 22.7 Å². The molecule has 1 heterocycles. The molecule has 0 radical (unpaired) electrons. The van der Waals surface area contributed by atoms with Gasteiger partial charge < -0.3 is 9.84 Å². The molecule has 1 saturated carbocycles. The maximum Gasteiger partial charge on any atom is 0.272 e. The number of halogens is 1. The minimum absolute atomic E-state index is 0.00485. The predicted octanol–water partition coefficient (Wildman–Crippen LogP) is 3.01. The number of aliphatic hydroxyl groups is 1. The summed E-state index contributed by atoms with van der Waals surface area (Å²) in [7, 11) is 1.00. The van der Waals surface area contributed by atoms with Crippen LogP contribution in [0.3, 0.4) is 0 Å². The second-order valence-corrected chi connectivity index (χ2v) is 6.53. The molecule has 1 aliphatic carbocycles. The van der Waals surface area contributed by atoms with Crippen molar-refractivity contribution in [1.29, 1.82) is 0 Å². The van der Waals surface area contributed by atoms with Crippen molar-refractivity contribution in [3.05, 3.63) is 69.4 Å². The van der Waals surface area contributed by atoms with Gasteiger partial charge in [0, 0.05) is 18.9 Å². The number of nitrogens with zero attached hydrogens (tertiary/aromatic N) is 1. The molecule has 0 unspecified atom stereocenters. The summed E-state index contributed by atoms with van der Waals surface area (Å²) in [5, 5.41) is 14.9. The molecule has 2 N–H and O–H groups in total. The van der Waals surface area contributed by atoms with E-state index in [0.717, 1.165) is 25.5 Å². The summed E-state index contributed by atoms with van der Waals surface area (Å²) in [5.41, 5.74) is 1.11. The first-order valence-electron chi connectivity index (χ1n) is 9.00. The molecule has 1 aromatic heterocycles. The third kappa shape index (κ3) is 4.09. The van der Waals surface area contributed by atoms with Crippen molar-refractivity contribution in [2.45, 2.75) is 31.8 Å². The number of benzene rings is 2. The lowest BCUT2D eigenvalue weighted by atomic mass is 9.96. The van der Waals surface area contributed by atoms with Crippen LogP contribution in [0.2, 0.25) is 0 Å². The van der Waals surface area contributed by atoms with Gasteiger partial charge in [-0.2, -0.15) is 5.10 Å². The first-order valence-corrected chi connectivity index (χ1v) is 9.00. The molecule has 4 rings (SSSR count). The number of carbonyl (C=O) groups is 1. The molecule has 6 nitrogen and oxygen atoms in total. The van der Waals surface area contributed by atoms with Crippen LogP contribution in [-0.4, -0.2) is 34.8 Å². The molecule has 0 atom stereocenters. The van der Waals surface area contributed by atoms with Gasteiger partial charge in [-0.1, -0.05) is 6.07 Å². The van der Waals surface area contributed by atoms with E-state index in [1.165, 1.54) is 18.6 Å². The summed E-state index contributed by atoms with van der Waals surface area (Å²) in [5.74, 6) is 0.155. The van der Waals surface area contributed by atoms with Crippen LogP contribution < -0.4 is 10.3 Å². The number of hydrogen-bond donors (Lipinski definition) is 2. The monoisotopic (exact) mass is 384 g/mol. The quantitative estimate of drug-likeness (QED) is 0.660. The van der Waals surface area contributed by atoms with Gasteiger partial charge in [-0.15, -0.1) is 0 Å². The van der Waals surface area contributed by atoms with E-state index in [1.807, 2.05) is 6.07 Å². The molecule has 7 heteroatoms. The van der Waals surface area contributed by atoms with E-state index < -0.39 is 5.82 Å². The van der Waals surface area contributed by atoms with E-state index in [4.69, 9.17) is 9.84 Å². The van der Waals surface area contributed by atoms with E-state index in [0.29, 0.717) is 34.9 Å². The van der Waals surface area contributed by atoms with Crippen molar-refractivity contribution < 1.29 is 19.0 Å². The van der Waals surface area contributed by atoms with Crippen molar-refractivity contribution in [2.24, 2.45) is 0 Å². The molecule has 0 saturated heterocycles. The van der Waals surface area contributed by atoms with Gasteiger partial charge in [-0.25, -0.2) is 9.49 Å². The Morgan fingerprint density at radius 1 is 1.21 bits per heavy atom. The van der Waals surface area contributed by atoms with Crippen molar-refractivity contribution in [1.82, 2.24) is 10.2 Å². The van der Waals surface area contributed by atoms with E-state index >= 15 is 0 Å². The minimum Gasteiger partial charge on any atom is -0.490 e. The van der Waals surface area contributed by atoms with Gasteiger partial charge in [0.25, 0.3) is 5.56 Å². The summed E-state index contributed by atoms with van der Waals surface area (Å²) < 4.78 is 19.4. The van der Waals surface area contributed by atoms with Crippen LogP contribution in [0.4, 0.5) is 4.39 Å². The normalized spacial score (nSPS) is 13.4. The number of aromatic amines is 1. The van der Waals surface area contributed by atoms with E-state index in [-0.39, 0.29) is 17.2 Å². The van der Waals surface area contributed by atoms with Crippen molar-refractivity contribution >= 4 is 17.1 Å². The Kier molecular flexibility index (Phi) is 6.16. The lowest BCUT2D eigenvalue weighted by molar-refractivity contribution is 0.111. The van der Waals surface area contributed by atoms with E-state index in [9.17, 15) is 14.0 Å². The van der Waals surface area contributed by atoms with Gasteiger partial charge in [-0.3, -0.25) is 9.59 Å². The summed E-state index contributed by atoms with van der Waals surface area (Å²) in [6.07, 6.45) is 4.35. The fourth-order valence-corrected chi connectivity index (χ4v) is 3.07. The van der Waals surface area contributed by atoms with E-state index in [1.54, 1.807) is 18.2 Å². The fraction of sp³-hybridized carbons (Fsp3) is 0.286. The highest BCUT2D eigenvalue weighted by atomic mass is 19.1. The highest BCUT2D eigenvalue weighted by Gasteiger charge is 2.19. The molecule has 1 fully saturated rings.